The maximum atomic E-state index is 12.4. The van der Waals surface area contributed by atoms with Crippen LogP contribution >= 0.6 is 11.6 Å². The van der Waals surface area contributed by atoms with Gasteiger partial charge in [-0.3, -0.25) is 9.59 Å². The molecule has 2 N–H and O–H groups in total. The van der Waals surface area contributed by atoms with Crippen molar-refractivity contribution in [1.82, 2.24) is 10.5 Å². The summed E-state index contributed by atoms with van der Waals surface area (Å²) in [5, 5.41) is 10.3. The largest absolute Gasteiger partial charge is 0.486 e. The number of hydrogen-bond acceptors (Lipinski definition) is 5. The van der Waals surface area contributed by atoms with Crippen LogP contribution in [0, 0.1) is 0 Å². The summed E-state index contributed by atoms with van der Waals surface area (Å²) in [4.78, 5) is 24.7. The van der Waals surface area contributed by atoms with E-state index in [4.69, 9.17) is 20.9 Å². The third kappa shape index (κ3) is 6.58. The lowest BCUT2D eigenvalue weighted by Crippen LogP contribution is -2.34. The van der Waals surface area contributed by atoms with Crippen molar-refractivity contribution in [2.75, 3.05) is 5.32 Å². The molecule has 33 heavy (non-hydrogen) atoms. The number of amides is 2. The van der Waals surface area contributed by atoms with Crippen LogP contribution in [0.15, 0.2) is 59.1 Å². The molecule has 1 fully saturated rings. The highest BCUT2D eigenvalue weighted by atomic mass is 35.5. The monoisotopic (exact) mass is 467 g/mol. The van der Waals surface area contributed by atoms with Crippen LogP contribution in [-0.4, -0.2) is 23.0 Å². The van der Waals surface area contributed by atoms with Crippen molar-refractivity contribution in [3.8, 4) is 5.75 Å². The Morgan fingerprint density at radius 2 is 1.67 bits per heavy atom. The lowest BCUT2D eigenvalue weighted by Gasteiger charge is -2.14. The number of nitrogens with zero attached hydrogens (tertiary/aromatic N) is 1. The van der Waals surface area contributed by atoms with Crippen LogP contribution in [0.1, 0.15) is 65.1 Å². The smallest absolute Gasteiger partial charge is 0.273 e. The first-order chi connectivity index (χ1) is 16.1. The number of hydrogen-bond donors (Lipinski definition) is 2. The van der Waals surface area contributed by atoms with Crippen molar-refractivity contribution >= 4 is 29.1 Å². The molecule has 3 aromatic rings. The predicted molar refractivity (Wildman–Crippen MR) is 126 cm³/mol. The van der Waals surface area contributed by atoms with Crippen LogP contribution in [0.5, 0.6) is 5.75 Å². The van der Waals surface area contributed by atoms with Gasteiger partial charge in [0.15, 0.2) is 11.5 Å². The van der Waals surface area contributed by atoms with Crippen molar-refractivity contribution in [2.45, 2.75) is 51.2 Å². The van der Waals surface area contributed by atoms with Crippen molar-refractivity contribution in [3.63, 3.8) is 0 Å². The van der Waals surface area contributed by atoms with Crippen LogP contribution in [0.25, 0.3) is 0 Å². The quantitative estimate of drug-likeness (QED) is 0.440. The molecule has 1 aliphatic rings. The van der Waals surface area contributed by atoms with Crippen LogP contribution in [0.2, 0.25) is 5.02 Å². The van der Waals surface area contributed by atoms with Crippen molar-refractivity contribution in [1.29, 1.82) is 0 Å². The fourth-order valence-electron chi connectivity index (χ4n) is 3.76. The molecule has 1 aromatic heterocycles. The second kappa shape index (κ2) is 11.0. The van der Waals surface area contributed by atoms with Gasteiger partial charge in [-0.15, -0.1) is 0 Å². The molecule has 0 aliphatic heterocycles. The highest BCUT2D eigenvalue weighted by molar-refractivity contribution is 6.30. The number of nitrogens with one attached hydrogen (secondary N) is 2. The topological polar surface area (TPSA) is 93.5 Å². The van der Waals surface area contributed by atoms with Gasteiger partial charge in [-0.2, -0.15) is 0 Å². The van der Waals surface area contributed by atoms with E-state index in [-0.39, 0.29) is 30.2 Å². The lowest BCUT2D eigenvalue weighted by molar-refractivity contribution is 0.0923. The predicted octanol–water partition coefficient (Wildman–Crippen LogP) is 5.61. The van der Waals surface area contributed by atoms with Crippen molar-refractivity contribution < 1.29 is 18.8 Å². The Balaban J connectivity index is 1.26. The average Bonchev–Trinajstić information content (AvgIpc) is 3.16. The Bertz CT molecular complexity index is 1070. The molecular formula is C25H26ClN3O4. The molecule has 0 unspecified atom stereocenters. The molecule has 2 aromatic carbocycles. The number of carbonyl (C=O) groups is 2. The average molecular weight is 468 g/mol. The van der Waals surface area contributed by atoms with Gasteiger partial charge in [0.25, 0.3) is 11.8 Å². The minimum Gasteiger partial charge on any atom is -0.486 e. The molecule has 1 saturated carbocycles. The van der Waals surface area contributed by atoms with Gasteiger partial charge in [0.05, 0.1) is 0 Å². The summed E-state index contributed by atoms with van der Waals surface area (Å²) in [7, 11) is 0. The van der Waals surface area contributed by atoms with Gasteiger partial charge in [0.1, 0.15) is 12.4 Å². The molecule has 1 heterocycles. The minimum absolute atomic E-state index is 0.139. The number of aromatic nitrogens is 1. The van der Waals surface area contributed by atoms with E-state index < -0.39 is 0 Å². The zero-order valence-corrected chi connectivity index (χ0v) is 18.9. The molecule has 0 saturated heterocycles. The molecule has 0 bridgehead atoms. The van der Waals surface area contributed by atoms with E-state index in [0.717, 1.165) is 25.7 Å². The summed E-state index contributed by atoms with van der Waals surface area (Å²) in [6.45, 7) is 0.139. The Kier molecular flexibility index (Phi) is 7.62. The summed E-state index contributed by atoms with van der Waals surface area (Å²) in [5.74, 6) is 0.621. The first-order valence-corrected chi connectivity index (χ1v) is 11.5. The molecule has 8 heteroatoms. The summed E-state index contributed by atoms with van der Waals surface area (Å²) in [6.07, 6.45) is 6.77. The van der Waals surface area contributed by atoms with Crippen LogP contribution in [0.4, 0.5) is 5.69 Å². The molecule has 7 nitrogen and oxygen atoms in total. The van der Waals surface area contributed by atoms with Gasteiger partial charge < -0.3 is 19.9 Å². The number of rotatable bonds is 7. The third-order valence-corrected chi connectivity index (χ3v) is 5.83. The first-order valence-electron chi connectivity index (χ1n) is 11.1. The van der Waals surface area contributed by atoms with E-state index in [9.17, 15) is 9.59 Å². The highest BCUT2D eigenvalue weighted by Crippen LogP contribution is 2.20. The maximum absolute atomic E-state index is 12.4. The molecule has 2 amide bonds. The molecular weight excluding hydrogens is 442 g/mol. The van der Waals surface area contributed by atoms with Crippen molar-refractivity contribution in [3.05, 3.63) is 76.6 Å². The Morgan fingerprint density at radius 1 is 0.970 bits per heavy atom. The summed E-state index contributed by atoms with van der Waals surface area (Å²) in [5.41, 5.74) is 1.42. The van der Waals surface area contributed by atoms with E-state index in [0.29, 0.717) is 27.8 Å². The highest BCUT2D eigenvalue weighted by Gasteiger charge is 2.18. The first kappa shape index (κ1) is 22.9. The second-order valence-electron chi connectivity index (χ2n) is 8.11. The Labute approximate surface area is 197 Å². The third-order valence-electron chi connectivity index (χ3n) is 5.58. The van der Waals surface area contributed by atoms with Gasteiger partial charge in [0.2, 0.25) is 0 Å². The number of anilines is 1. The van der Waals surface area contributed by atoms with Gasteiger partial charge in [-0.1, -0.05) is 42.4 Å². The summed E-state index contributed by atoms with van der Waals surface area (Å²) >= 11 is 5.85. The summed E-state index contributed by atoms with van der Waals surface area (Å²) in [6, 6.07) is 15.5. The summed E-state index contributed by atoms with van der Waals surface area (Å²) < 4.78 is 11.0. The molecule has 0 radical (unpaired) electrons. The van der Waals surface area contributed by atoms with Crippen LogP contribution in [-0.2, 0) is 6.61 Å². The molecule has 4 rings (SSSR count). The van der Waals surface area contributed by atoms with Crippen LogP contribution < -0.4 is 15.4 Å². The van der Waals surface area contributed by atoms with E-state index in [1.54, 1.807) is 54.6 Å². The number of halogens is 1. The normalized spacial score (nSPS) is 14.3. The fourth-order valence-corrected chi connectivity index (χ4v) is 3.89. The van der Waals surface area contributed by atoms with E-state index >= 15 is 0 Å². The van der Waals surface area contributed by atoms with Gasteiger partial charge in [-0.25, -0.2) is 0 Å². The maximum Gasteiger partial charge on any atom is 0.273 e. The Hall–Kier alpha value is -3.32. The Morgan fingerprint density at radius 3 is 2.36 bits per heavy atom. The number of benzene rings is 2. The van der Waals surface area contributed by atoms with E-state index in [1.807, 2.05) is 0 Å². The molecule has 172 valence electrons. The zero-order valence-electron chi connectivity index (χ0n) is 18.2. The fraction of sp³-hybridized carbons (Fsp3) is 0.320. The molecule has 0 spiro atoms. The number of carbonyl (C=O) groups excluding carboxylic acids is 2. The minimum atomic E-state index is -0.225. The van der Waals surface area contributed by atoms with Gasteiger partial charge in [0, 0.05) is 28.4 Å². The zero-order chi connectivity index (χ0) is 23.0. The van der Waals surface area contributed by atoms with Crippen LogP contribution in [0.3, 0.4) is 0 Å². The molecule has 0 atom stereocenters. The van der Waals surface area contributed by atoms with E-state index in [2.05, 4.69) is 15.8 Å². The second-order valence-corrected chi connectivity index (χ2v) is 8.55. The number of ether oxygens (including phenoxy) is 1. The molecule has 1 aliphatic carbocycles. The van der Waals surface area contributed by atoms with E-state index in [1.165, 1.54) is 12.8 Å². The lowest BCUT2D eigenvalue weighted by atomic mass is 10.1. The van der Waals surface area contributed by atoms with Gasteiger partial charge >= 0.3 is 0 Å². The SMILES string of the molecule is O=C(Nc1ccc(OCc2cc(C(=O)NC3CCCCCC3)no2)cc1)c1ccc(Cl)cc1. The van der Waals surface area contributed by atoms with Crippen molar-refractivity contribution in [2.24, 2.45) is 0 Å². The van der Waals surface area contributed by atoms with Gasteiger partial charge in [-0.05, 0) is 61.4 Å². The standard InChI is InChI=1S/C25H26ClN3O4/c26-18-9-7-17(8-10-18)24(30)27-20-11-13-21(14-12-20)32-16-22-15-23(29-33-22)25(31)28-19-5-3-1-2-4-6-19/h7-15,19H,1-6,16H2,(H,27,30)(H,28,31).